The number of piperidine rings is 1. The standard InChI is InChI=1S/C26H25N3O3/c1-3-19-7-8-20(16-22(19)31-2)25(30)28-13-10-26(11-14-28)24-5-4-12-29(24)21-9-6-18(17-27)15-23(21)32-26/h4-9,12,15-16H,3,10-11,13-14H2,1-2H3. The summed E-state index contributed by atoms with van der Waals surface area (Å²) in [5.74, 6) is 1.48. The maximum atomic E-state index is 13.2. The Bertz CT molecular complexity index is 1230. The number of carbonyl (C=O) groups excluding carboxylic acids is 1. The van der Waals surface area contributed by atoms with Crippen LogP contribution in [0.25, 0.3) is 5.69 Å². The zero-order chi connectivity index (χ0) is 22.3. The predicted molar refractivity (Wildman–Crippen MR) is 120 cm³/mol. The van der Waals surface area contributed by atoms with E-state index in [1.165, 1.54) is 0 Å². The van der Waals surface area contributed by atoms with E-state index in [1.54, 1.807) is 13.2 Å². The van der Waals surface area contributed by atoms with Gasteiger partial charge in [-0.05, 0) is 48.4 Å². The van der Waals surface area contributed by atoms with Crippen molar-refractivity contribution in [3.8, 4) is 23.3 Å². The van der Waals surface area contributed by atoms with Crippen molar-refractivity contribution in [2.24, 2.45) is 0 Å². The number of methoxy groups -OCH3 is 1. The number of likely N-dealkylation sites (tertiary alicyclic amines) is 1. The summed E-state index contributed by atoms with van der Waals surface area (Å²) in [5, 5.41) is 9.31. The third-order valence-corrected chi connectivity index (χ3v) is 6.64. The highest BCUT2D eigenvalue weighted by molar-refractivity contribution is 5.94. The Labute approximate surface area is 187 Å². The Hall–Kier alpha value is -3.72. The molecule has 0 N–H and O–H groups in total. The van der Waals surface area contributed by atoms with E-state index in [9.17, 15) is 10.1 Å². The molecule has 2 aromatic carbocycles. The van der Waals surface area contributed by atoms with Gasteiger partial charge in [0, 0.05) is 43.8 Å². The molecule has 3 heterocycles. The fourth-order valence-electron chi connectivity index (χ4n) is 4.87. The van der Waals surface area contributed by atoms with Crippen LogP contribution in [-0.2, 0) is 12.0 Å². The molecule has 32 heavy (non-hydrogen) atoms. The molecule has 1 fully saturated rings. The lowest BCUT2D eigenvalue weighted by atomic mass is 9.86. The molecule has 0 radical (unpaired) electrons. The molecule has 0 unspecified atom stereocenters. The molecule has 1 spiro atoms. The molecular formula is C26H25N3O3. The average molecular weight is 428 g/mol. The first-order valence-corrected chi connectivity index (χ1v) is 11.0. The van der Waals surface area contributed by atoms with E-state index in [4.69, 9.17) is 9.47 Å². The Kier molecular flexibility index (Phi) is 4.90. The van der Waals surface area contributed by atoms with Crippen molar-refractivity contribution in [1.82, 2.24) is 9.47 Å². The highest BCUT2D eigenvalue weighted by Gasteiger charge is 2.44. The Morgan fingerprint density at radius 1 is 1.19 bits per heavy atom. The van der Waals surface area contributed by atoms with E-state index >= 15 is 0 Å². The fraction of sp³-hybridized carbons (Fsp3) is 0.308. The number of hydrogen-bond acceptors (Lipinski definition) is 4. The van der Waals surface area contributed by atoms with Crippen molar-refractivity contribution in [2.45, 2.75) is 31.8 Å². The van der Waals surface area contributed by atoms with Gasteiger partial charge in [-0.3, -0.25) is 4.79 Å². The second-order valence-electron chi connectivity index (χ2n) is 8.33. The molecule has 0 aliphatic carbocycles. The van der Waals surface area contributed by atoms with Gasteiger partial charge in [0.1, 0.15) is 11.5 Å². The van der Waals surface area contributed by atoms with E-state index in [2.05, 4.69) is 23.6 Å². The smallest absolute Gasteiger partial charge is 0.253 e. The number of benzene rings is 2. The number of aromatic nitrogens is 1. The minimum absolute atomic E-state index is 0.0131. The van der Waals surface area contributed by atoms with Crippen LogP contribution in [0.3, 0.4) is 0 Å². The number of nitriles is 1. The Morgan fingerprint density at radius 2 is 2.00 bits per heavy atom. The summed E-state index contributed by atoms with van der Waals surface area (Å²) < 4.78 is 14.2. The van der Waals surface area contributed by atoms with E-state index in [-0.39, 0.29) is 5.91 Å². The second-order valence-corrected chi connectivity index (χ2v) is 8.33. The molecule has 5 rings (SSSR count). The van der Waals surface area contributed by atoms with Crippen LogP contribution in [0.1, 0.15) is 46.9 Å². The van der Waals surface area contributed by atoms with Crippen molar-refractivity contribution < 1.29 is 14.3 Å². The number of aryl methyl sites for hydroxylation is 1. The van der Waals surface area contributed by atoms with Crippen LogP contribution in [0, 0.1) is 11.3 Å². The normalized spacial score (nSPS) is 16.0. The van der Waals surface area contributed by atoms with Gasteiger partial charge in [-0.2, -0.15) is 5.26 Å². The van der Waals surface area contributed by atoms with Gasteiger partial charge in [-0.25, -0.2) is 0 Å². The number of nitrogens with zero attached hydrogens (tertiary/aromatic N) is 3. The maximum Gasteiger partial charge on any atom is 0.253 e. The van der Waals surface area contributed by atoms with Gasteiger partial charge < -0.3 is 18.9 Å². The highest BCUT2D eigenvalue weighted by Crippen LogP contribution is 2.45. The van der Waals surface area contributed by atoms with Crippen LogP contribution in [0.4, 0.5) is 0 Å². The largest absolute Gasteiger partial charge is 0.496 e. The summed E-state index contributed by atoms with van der Waals surface area (Å²) in [6.45, 7) is 3.26. The van der Waals surface area contributed by atoms with Crippen molar-refractivity contribution in [2.75, 3.05) is 20.2 Å². The second kappa shape index (κ2) is 7.76. The molecule has 162 valence electrons. The third-order valence-electron chi connectivity index (χ3n) is 6.64. The zero-order valence-corrected chi connectivity index (χ0v) is 18.3. The van der Waals surface area contributed by atoms with Crippen LogP contribution < -0.4 is 9.47 Å². The van der Waals surface area contributed by atoms with Crippen molar-refractivity contribution in [3.63, 3.8) is 0 Å². The molecule has 0 saturated carbocycles. The number of hydrogen-bond donors (Lipinski definition) is 0. The molecule has 1 amide bonds. The summed E-state index contributed by atoms with van der Waals surface area (Å²) in [7, 11) is 1.64. The molecule has 0 atom stereocenters. The molecule has 2 aliphatic rings. The van der Waals surface area contributed by atoms with Crippen LogP contribution in [0.2, 0.25) is 0 Å². The Morgan fingerprint density at radius 3 is 2.72 bits per heavy atom. The summed E-state index contributed by atoms with van der Waals surface area (Å²) in [6, 6.07) is 17.5. The zero-order valence-electron chi connectivity index (χ0n) is 18.3. The van der Waals surface area contributed by atoms with Crippen molar-refractivity contribution >= 4 is 5.91 Å². The molecule has 2 aliphatic heterocycles. The van der Waals surface area contributed by atoms with Crippen molar-refractivity contribution in [1.29, 1.82) is 5.26 Å². The number of fused-ring (bicyclic) bond motifs is 4. The van der Waals surface area contributed by atoms with E-state index in [0.29, 0.717) is 42.8 Å². The molecular weight excluding hydrogens is 402 g/mol. The molecule has 0 bridgehead atoms. The van der Waals surface area contributed by atoms with Gasteiger partial charge in [0.25, 0.3) is 5.91 Å². The van der Waals surface area contributed by atoms with Gasteiger partial charge in [0.05, 0.1) is 30.1 Å². The summed E-state index contributed by atoms with van der Waals surface area (Å²) in [6.07, 6.45) is 4.26. The summed E-state index contributed by atoms with van der Waals surface area (Å²) in [5.41, 5.74) is 3.84. The van der Waals surface area contributed by atoms with Crippen LogP contribution >= 0.6 is 0 Å². The first-order valence-electron chi connectivity index (χ1n) is 11.0. The quantitative estimate of drug-likeness (QED) is 0.620. The third kappa shape index (κ3) is 3.13. The summed E-state index contributed by atoms with van der Waals surface area (Å²) >= 11 is 0. The lowest BCUT2D eigenvalue weighted by molar-refractivity contribution is -0.00933. The van der Waals surface area contributed by atoms with Crippen LogP contribution in [0.15, 0.2) is 54.7 Å². The summed E-state index contributed by atoms with van der Waals surface area (Å²) in [4.78, 5) is 15.1. The number of amides is 1. The number of rotatable bonds is 3. The first kappa shape index (κ1) is 20.2. The molecule has 1 aromatic heterocycles. The number of carbonyl (C=O) groups is 1. The monoisotopic (exact) mass is 427 g/mol. The predicted octanol–water partition coefficient (Wildman–Crippen LogP) is 4.44. The minimum Gasteiger partial charge on any atom is -0.496 e. The SMILES string of the molecule is CCc1ccc(C(=O)N2CCC3(CC2)Oc2cc(C#N)ccc2-n2cccc23)cc1OC. The lowest BCUT2D eigenvalue weighted by Gasteiger charge is -2.45. The molecule has 6 nitrogen and oxygen atoms in total. The minimum atomic E-state index is -0.509. The topological polar surface area (TPSA) is 67.5 Å². The van der Waals surface area contributed by atoms with Gasteiger partial charge in [-0.15, -0.1) is 0 Å². The van der Waals surface area contributed by atoms with E-state index < -0.39 is 5.60 Å². The van der Waals surface area contributed by atoms with E-state index in [0.717, 1.165) is 29.1 Å². The van der Waals surface area contributed by atoms with Gasteiger partial charge >= 0.3 is 0 Å². The fourth-order valence-corrected chi connectivity index (χ4v) is 4.87. The van der Waals surface area contributed by atoms with Crippen LogP contribution in [-0.4, -0.2) is 35.6 Å². The van der Waals surface area contributed by atoms with Gasteiger partial charge in [-0.1, -0.05) is 13.0 Å². The van der Waals surface area contributed by atoms with Gasteiger partial charge in [0.2, 0.25) is 0 Å². The highest BCUT2D eigenvalue weighted by atomic mass is 16.5. The molecule has 1 saturated heterocycles. The molecule has 3 aromatic rings. The first-order chi connectivity index (χ1) is 15.6. The molecule has 6 heteroatoms. The van der Waals surface area contributed by atoms with Crippen LogP contribution in [0.5, 0.6) is 11.5 Å². The van der Waals surface area contributed by atoms with Gasteiger partial charge in [0.15, 0.2) is 5.60 Å². The number of ether oxygens (including phenoxy) is 2. The maximum absolute atomic E-state index is 13.2. The average Bonchev–Trinajstić information content (AvgIpc) is 3.35. The van der Waals surface area contributed by atoms with Crippen molar-refractivity contribution in [3.05, 3.63) is 77.1 Å². The Balaban J connectivity index is 1.40. The van der Waals surface area contributed by atoms with E-state index in [1.807, 2.05) is 47.5 Å². The lowest BCUT2D eigenvalue weighted by Crippen LogP contribution is -2.50.